The molecule has 1 saturated heterocycles. The van der Waals surface area contributed by atoms with Crippen LogP contribution in [0.15, 0.2) is 34.5 Å². The molecule has 2 atom stereocenters. The van der Waals surface area contributed by atoms with E-state index >= 15 is 0 Å². The predicted molar refractivity (Wildman–Crippen MR) is 84.2 cm³/mol. The minimum atomic E-state index is -2.85. The lowest BCUT2D eigenvalue weighted by atomic mass is 9.82. The van der Waals surface area contributed by atoms with E-state index in [1.165, 1.54) is 12.1 Å². The summed E-state index contributed by atoms with van der Waals surface area (Å²) in [6.07, 6.45) is 1.02. The lowest BCUT2D eigenvalue weighted by molar-refractivity contribution is 0.146. The smallest absolute Gasteiger partial charge is 0.266 e. The van der Waals surface area contributed by atoms with Gasteiger partial charge in [-0.3, -0.25) is 4.99 Å². The molecule has 1 fully saturated rings. The standard InChI is InChI=1S/C17H20F3N3/c1-22-16(9-5-6-13(18)11(7-9)17(19)20)12-8-10-3-2-4-14(23-10)15(12)21/h5-7,10,14,17,23H,2-4,8,21H2,1H3. The fourth-order valence-electron chi connectivity index (χ4n) is 3.53. The highest BCUT2D eigenvalue weighted by atomic mass is 19.3. The molecule has 3 nitrogen and oxygen atoms in total. The average molecular weight is 323 g/mol. The maximum Gasteiger partial charge on any atom is 0.266 e. The van der Waals surface area contributed by atoms with Crippen molar-refractivity contribution < 1.29 is 13.2 Å². The Labute approximate surface area is 133 Å². The number of benzene rings is 1. The van der Waals surface area contributed by atoms with Crippen LogP contribution in [0.2, 0.25) is 0 Å². The molecule has 0 radical (unpaired) electrons. The molecule has 2 aliphatic heterocycles. The first-order valence-corrected chi connectivity index (χ1v) is 7.81. The molecule has 124 valence electrons. The monoisotopic (exact) mass is 323 g/mol. The van der Waals surface area contributed by atoms with Crippen LogP contribution in [0.1, 0.15) is 43.2 Å². The molecule has 3 N–H and O–H groups in total. The highest BCUT2D eigenvalue weighted by Gasteiger charge is 2.32. The third kappa shape index (κ3) is 3.00. The molecule has 2 heterocycles. The Bertz CT molecular complexity index is 667. The number of aliphatic imine (C=N–C) groups is 1. The van der Waals surface area contributed by atoms with Crippen molar-refractivity contribution in [1.29, 1.82) is 0 Å². The summed E-state index contributed by atoms with van der Waals surface area (Å²) in [6, 6.07) is 4.19. The molecule has 6 heteroatoms. The summed E-state index contributed by atoms with van der Waals surface area (Å²) in [5.74, 6) is -0.900. The Hall–Kier alpha value is -1.82. The van der Waals surface area contributed by atoms with Gasteiger partial charge in [0.2, 0.25) is 0 Å². The quantitative estimate of drug-likeness (QED) is 0.839. The summed E-state index contributed by atoms with van der Waals surface area (Å²) in [7, 11) is 1.61. The van der Waals surface area contributed by atoms with Crippen molar-refractivity contribution in [2.24, 2.45) is 10.7 Å². The number of nitrogens with zero attached hydrogens (tertiary/aromatic N) is 1. The maximum atomic E-state index is 13.5. The zero-order chi connectivity index (χ0) is 16.6. The summed E-state index contributed by atoms with van der Waals surface area (Å²) in [5, 5.41) is 3.48. The molecule has 0 spiro atoms. The zero-order valence-electron chi connectivity index (χ0n) is 13.0. The van der Waals surface area contributed by atoms with Gasteiger partial charge < -0.3 is 11.1 Å². The van der Waals surface area contributed by atoms with Crippen molar-refractivity contribution in [1.82, 2.24) is 5.32 Å². The molecule has 2 unspecified atom stereocenters. The molecule has 1 aromatic rings. The first kappa shape index (κ1) is 16.1. The summed E-state index contributed by atoms with van der Waals surface area (Å²) in [6.45, 7) is 0. The molecule has 0 aliphatic carbocycles. The van der Waals surface area contributed by atoms with Crippen molar-refractivity contribution in [2.45, 2.75) is 44.2 Å². The maximum absolute atomic E-state index is 13.5. The number of piperidine rings is 1. The van der Waals surface area contributed by atoms with E-state index in [9.17, 15) is 13.2 Å². The van der Waals surface area contributed by atoms with Gasteiger partial charge in [-0.1, -0.05) is 0 Å². The Morgan fingerprint density at radius 3 is 2.83 bits per heavy atom. The Morgan fingerprint density at radius 2 is 2.13 bits per heavy atom. The van der Waals surface area contributed by atoms with Gasteiger partial charge in [-0.2, -0.15) is 0 Å². The van der Waals surface area contributed by atoms with E-state index in [-0.39, 0.29) is 6.04 Å². The van der Waals surface area contributed by atoms with E-state index in [0.717, 1.165) is 43.0 Å². The van der Waals surface area contributed by atoms with Crippen LogP contribution in [0.5, 0.6) is 0 Å². The second-order valence-corrected chi connectivity index (χ2v) is 6.09. The average Bonchev–Trinajstić information content (AvgIpc) is 2.54. The number of rotatable bonds is 3. The van der Waals surface area contributed by atoms with Gasteiger partial charge in [-0.25, -0.2) is 13.2 Å². The summed E-state index contributed by atoms with van der Waals surface area (Å²) in [5.41, 5.74) is 8.38. The summed E-state index contributed by atoms with van der Waals surface area (Å²) < 4.78 is 39.4. The minimum Gasteiger partial charge on any atom is -0.400 e. The molecular weight excluding hydrogens is 303 g/mol. The number of nitrogens with two attached hydrogens (primary N) is 1. The molecule has 0 saturated carbocycles. The van der Waals surface area contributed by atoms with E-state index < -0.39 is 17.8 Å². The highest BCUT2D eigenvalue weighted by molar-refractivity contribution is 6.13. The largest absolute Gasteiger partial charge is 0.400 e. The van der Waals surface area contributed by atoms with Crippen molar-refractivity contribution >= 4 is 5.71 Å². The van der Waals surface area contributed by atoms with Gasteiger partial charge in [0, 0.05) is 30.4 Å². The van der Waals surface area contributed by atoms with Crippen LogP contribution in [-0.4, -0.2) is 24.8 Å². The van der Waals surface area contributed by atoms with Gasteiger partial charge in [0.1, 0.15) is 5.82 Å². The lowest BCUT2D eigenvalue weighted by Crippen LogP contribution is -2.50. The number of alkyl halides is 2. The van der Waals surface area contributed by atoms with Crippen LogP contribution in [0.3, 0.4) is 0 Å². The molecule has 0 aromatic heterocycles. The first-order valence-electron chi connectivity index (χ1n) is 7.81. The van der Waals surface area contributed by atoms with Crippen molar-refractivity contribution in [2.75, 3.05) is 7.05 Å². The molecule has 2 aliphatic rings. The molecule has 23 heavy (non-hydrogen) atoms. The zero-order valence-corrected chi connectivity index (χ0v) is 13.0. The molecule has 3 rings (SSSR count). The number of hydrogen-bond acceptors (Lipinski definition) is 3. The Kier molecular flexibility index (Phi) is 4.43. The van der Waals surface area contributed by atoms with Gasteiger partial charge in [0.15, 0.2) is 0 Å². The van der Waals surface area contributed by atoms with Crippen LogP contribution in [0.25, 0.3) is 0 Å². The lowest BCUT2D eigenvalue weighted by Gasteiger charge is -2.38. The highest BCUT2D eigenvalue weighted by Crippen LogP contribution is 2.31. The fourth-order valence-corrected chi connectivity index (χ4v) is 3.53. The first-order chi connectivity index (χ1) is 11.0. The van der Waals surface area contributed by atoms with E-state index in [4.69, 9.17) is 5.73 Å². The minimum absolute atomic E-state index is 0.115. The topological polar surface area (TPSA) is 50.4 Å². The van der Waals surface area contributed by atoms with Gasteiger partial charge >= 0.3 is 0 Å². The predicted octanol–water partition coefficient (Wildman–Crippen LogP) is 3.31. The SMILES string of the molecule is CN=C(C1=C(N)C2CCCC(C1)N2)c1ccc(F)c(C(F)F)c1. The van der Waals surface area contributed by atoms with Crippen molar-refractivity contribution in [3.05, 3.63) is 46.4 Å². The van der Waals surface area contributed by atoms with Gasteiger partial charge in [-0.05, 0) is 49.5 Å². The van der Waals surface area contributed by atoms with Crippen LogP contribution in [0, 0.1) is 5.82 Å². The third-order valence-corrected chi connectivity index (χ3v) is 4.67. The molecular formula is C17H20F3N3. The third-order valence-electron chi connectivity index (χ3n) is 4.67. The van der Waals surface area contributed by atoms with Crippen molar-refractivity contribution in [3.8, 4) is 0 Å². The Morgan fingerprint density at radius 1 is 1.35 bits per heavy atom. The van der Waals surface area contributed by atoms with Gasteiger partial charge in [-0.15, -0.1) is 0 Å². The van der Waals surface area contributed by atoms with E-state index in [0.29, 0.717) is 17.3 Å². The summed E-state index contributed by atoms with van der Waals surface area (Å²) in [4.78, 5) is 4.27. The van der Waals surface area contributed by atoms with Gasteiger partial charge in [0.05, 0.1) is 11.3 Å². The van der Waals surface area contributed by atoms with Crippen LogP contribution >= 0.6 is 0 Å². The van der Waals surface area contributed by atoms with Crippen LogP contribution in [0.4, 0.5) is 13.2 Å². The Balaban J connectivity index is 2.02. The molecule has 0 amide bonds. The molecule has 2 bridgehead atoms. The molecule has 1 aromatic carbocycles. The van der Waals surface area contributed by atoms with Crippen molar-refractivity contribution in [3.63, 3.8) is 0 Å². The van der Waals surface area contributed by atoms with Crippen LogP contribution < -0.4 is 11.1 Å². The number of nitrogens with one attached hydrogen (secondary N) is 1. The van der Waals surface area contributed by atoms with E-state index in [1.807, 2.05) is 0 Å². The summed E-state index contributed by atoms with van der Waals surface area (Å²) >= 11 is 0. The van der Waals surface area contributed by atoms with E-state index in [2.05, 4.69) is 10.3 Å². The second-order valence-electron chi connectivity index (χ2n) is 6.09. The fraction of sp³-hybridized carbons (Fsp3) is 0.471. The van der Waals surface area contributed by atoms with E-state index in [1.54, 1.807) is 7.05 Å². The second kappa shape index (κ2) is 6.35. The normalized spacial score (nSPS) is 25.2. The number of hydrogen-bond donors (Lipinski definition) is 2. The number of fused-ring (bicyclic) bond motifs is 2. The number of halogens is 3. The van der Waals surface area contributed by atoms with Gasteiger partial charge in [0.25, 0.3) is 6.43 Å². The van der Waals surface area contributed by atoms with Crippen LogP contribution in [-0.2, 0) is 0 Å².